The molecule has 26 heavy (non-hydrogen) atoms. The summed E-state index contributed by atoms with van der Waals surface area (Å²) in [7, 11) is 1.61. The standard InChI is InChI=1S/C20H23NO5/c1-13(2)19(14-7-9-16(25-3)10-8-14)21-20(24)15-5-4-6-17(11-15)26-12-18(22)23/h4-11,13,19H,12H2,1-3H3,(H,21,24)(H,22,23). The topological polar surface area (TPSA) is 84.9 Å². The molecule has 2 aromatic rings. The molecule has 0 aliphatic heterocycles. The largest absolute Gasteiger partial charge is 0.497 e. The van der Waals surface area contributed by atoms with E-state index in [1.165, 1.54) is 6.07 Å². The van der Waals surface area contributed by atoms with Gasteiger partial charge in [-0.05, 0) is 41.8 Å². The van der Waals surface area contributed by atoms with Crippen LogP contribution in [0.3, 0.4) is 0 Å². The van der Waals surface area contributed by atoms with Crippen molar-refractivity contribution in [2.24, 2.45) is 5.92 Å². The number of carbonyl (C=O) groups excluding carboxylic acids is 1. The fourth-order valence-electron chi connectivity index (χ4n) is 2.54. The maximum absolute atomic E-state index is 12.6. The number of nitrogens with one attached hydrogen (secondary N) is 1. The van der Waals surface area contributed by atoms with E-state index >= 15 is 0 Å². The number of benzene rings is 2. The Morgan fingerprint density at radius 2 is 1.77 bits per heavy atom. The minimum absolute atomic E-state index is 0.169. The summed E-state index contributed by atoms with van der Waals surface area (Å²) in [6.07, 6.45) is 0. The van der Waals surface area contributed by atoms with Gasteiger partial charge in [0.05, 0.1) is 13.2 Å². The Morgan fingerprint density at radius 3 is 2.35 bits per heavy atom. The predicted molar refractivity (Wildman–Crippen MR) is 97.6 cm³/mol. The summed E-state index contributed by atoms with van der Waals surface area (Å²) in [5, 5.41) is 11.7. The van der Waals surface area contributed by atoms with E-state index in [1.807, 2.05) is 38.1 Å². The molecule has 0 aromatic heterocycles. The number of carbonyl (C=O) groups is 2. The average molecular weight is 357 g/mol. The minimum Gasteiger partial charge on any atom is -0.497 e. The number of hydrogen-bond acceptors (Lipinski definition) is 4. The minimum atomic E-state index is -1.07. The first-order valence-electron chi connectivity index (χ1n) is 8.30. The Morgan fingerprint density at radius 1 is 1.08 bits per heavy atom. The highest BCUT2D eigenvalue weighted by atomic mass is 16.5. The van der Waals surface area contributed by atoms with Crippen LogP contribution in [0.1, 0.15) is 35.8 Å². The van der Waals surface area contributed by atoms with Gasteiger partial charge in [0.15, 0.2) is 6.61 Å². The summed E-state index contributed by atoms with van der Waals surface area (Å²) in [4.78, 5) is 23.2. The lowest BCUT2D eigenvalue weighted by molar-refractivity contribution is -0.139. The quantitative estimate of drug-likeness (QED) is 0.757. The Kier molecular flexibility index (Phi) is 6.60. The summed E-state index contributed by atoms with van der Waals surface area (Å²) < 4.78 is 10.3. The molecule has 0 saturated heterocycles. The number of carboxylic acid groups (broad SMARTS) is 1. The molecule has 2 N–H and O–H groups in total. The fourth-order valence-corrected chi connectivity index (χ4v) is 2.54. The molecule has 0 fully saturated rings. The van der Waals surface area contributed by atoms with Crippen LogP contribution in [0.25, 0.3) is 0 Å². The summed E-state index contributed by atoms with van der Waals surface area (Å²) in [6.45, 7) is 3.61. The number of methoxy groups -OCH3 is 1. The molecule has 1 atom stereocenters. The second-order valence-corrected chi connectivity index (χ2v) is 6.18. The van der Waals surface area contributed by atoms with Crippen molar-refractivity contribution in [3.05, 3.63) is 59.7 Å². The third-order valence-corrected chi connectivity index (χ3v) is 3.89. The fraction of sp³-hybridized carbons (Fsp3) is 0.300. The summed E-state index contributed by atoms with van der Waals surface area (Å²) in [5.74, 6) is -0.0465. The third-order valence-electron chi connectivity index (χ3n) is 3.89. The van der Waals surface area contributed by atoms with Crippen LogP contribution < -0.4 is 14.8 Å². The molecule has 2 rings (SSSR count). The van der Waals surface area contributed by atoms with Crippen molar-refractivity contribution in [1.29, 1.82) is 0 Å². The highest BCUT2D eigenvalue weighted by molar-refractivity contribution is 5.94. The van der Waals surface area contributed by atoms with Gasteiger partial charge in [-0.2, -0.15) is 0 Å². The maximum Gasteiger partial charge on any atom is 0.341 e. The molecule has 1 unspecified atom stereocenters. The van der Waals surface area contributed by atoms with Crippen LogP contribution in [0.5, 0.6) is 11.5 Å². The molecule has 0 aliphatic rings. The van der Waals surface area contributed by atoms with Crippen LogP contribution in [-0.2, 0) is 4.79 Å². The number of hydrogen-bond donors (Lipinski definition) is 2. The van der Waals surface area contributed by atoms with Gasteiger partial charge in [-0.15, -0.1) is 0 Å². The van der Waals surface area contributed by atoms with Crippen LogP contribution in [0, 0.1) is 5.92 Å². The molecule has 0 bridgehead atoms. The SMILES string of the molecule is COc1ccc(C(NC(=O)c2cccc(OCC(=O)O)c2)C(C)C)cc1. The van der Waals surface area contributed by atoms with Crippen LogP contribution in [0.2, 0.25) is 0 Å². The van der Waals surface area contributed by atoms with E-state index in [1.54, 1.807) is 25.3 Å². The lowest BCUT2D eigenvalue weighted by atomic mass is 9.95. The third kappa shape index (κ3) is 5.24. The number of ether oxygens (including phenoxy) is 2. The zero-order valence-corrected chi connectivity index (χ0v) is 15.1. The van der Waals surface area contributed by atoms with Crippen molar-refractivity contribution < 1.29 is 24.2 Å². The Balaban J connectivity index is 2.14. The van der Waals surface area contributed by atoms with Gasteiger partial charge in [0.1, 0.15) is 11.5 Å². The highest BCUT2D eigenvalue weighted by Gasteiger charge is 2.19. The monoisotopic (exact) mass is 357 g/mol. The van der Waals surface area contributed by atoms with E-state index in [9.17, 15) is 9.59 Å². The smallest absolute Gasteiger partial charge is 0.341 e. The van der Waals surface area contributed by atoms with Gasteiger partial charge in [-0.3, -0.25) is 4.79 Å². The molecule has 0 spiro atoms. The van der Waals surface area contributed by atoms with Crippen molar-refractivity contribution in [3.8, 4) is 11.5 Å². The molecular formula is C20H23NO5. The van der Waals surface area contributed by atoms with Crippen LogP contribution >= 0.6 is 0 Å². The van der Waals surface area contributed by atoms with E-state index in [4.69, 9.17) is 14.6 Å². The molecule has 138 valence electrons. The Bertz CT molecular complexity index is 755. The van der Waals surface area contributed by atoms with Gasteiger partial charge >= 0.3 is 5.97 Å². The lowest BCUT2D eigenvalue weighted by Gasteiger charge is -2.23. The summed E-state index contributed by atoms with van der Waals surface area (Å²) in [5.41, 5.74) is 1.39. The van der Waals surface area contributed by atoms with Gasteiger partial charge in [0.2, 0.25) is 0 Å². The average Bonchev–Trinajstić information content (AvgIpc) is 2.64. The second kappa shape index (κ2) is 8.89. The number of carboxylic acids is 1. The maximum atomic E-state index is 12.6. The first kappa shape index (κ1) is 19.3. The lowest BCUT2D eigenvalue weighted by Crippen LogP contribution is -2.31. The molecule has 6 nitrogen and oxygen atoms in total. The molecule has 1 amide bonds. The zero-order chi connectivity index (χ0) is 19.1. The van der Waals surface area contributed by atoms with Crippen LogP contribution in [0.4, 0.5) is 0 Å². The zero-order valence-electron chi connectivity index (χ0n) is 15.1. The second-order valence-electron chi connectivity index (χ2n) is 6.18. The number of rotatable bonds is 8. The number of amides is 1. The van der Waals surface area contributed by atoms with Gasteiger partial charge in [-0.1, -0.05) is 32.0 Å². The van der Waals surface area contributed by atoms with Crippen molar-refractivity contribution in [2.45, 2.75) is 19.9 Å². The highest BCUT2D eigenvalue weighted by Crippen LogP contribution is 2.24. The van der Waals surface area contributed by atoms with E-state index in [0.717, 1.165) is 11.3 Å². The van der Waals surface area contributed by atoms with E-state index in [2.05, 4.69) is 5.32 Å². The van der Waals surface area contributed by atoms with Crippen LogP contribution in [0.15, 0.2) is 48.5 Å². The summed E-state index contributed by atoms with van der Waals surface area (Å²) in [6, 6.07) is 13.9. The molecular weight excluding hydrogens is 334 g/mol. The van der Waals surface area contributed by atoms with Gasteiger partial charge in [0.25, 0.3) is 5.91 Å². The normalized spacial score (nSPS) is 11.7. The molecule has 2 aromatic carbocycles. The first-order chi connectivity index (χ1) is 12.4. The molecule has 0 saturated carbocycles. The predicted octanol–water partition coefficient (Wildman–Crippen LogP) is 3.29. The van der Waals surface area contributed by atoms with Crippen molar-refractivity contribution in [3.63, 3.8) is 0 Å². The van der Waals surface area contributed by atoms with Gasteiger partial charge in [0, 0.05) is 5.56 Å². The Hall–Kier alpha value is -3.02. The van der Waals surface area contributed by atoms with E-state index in [0.29, 0.717) is 11.3 Å². The van der Waals surface area contributed by atoms with E-state index in [-0.39, 0.29) is 17.9 Å². The van der Waals surface area contributed by atoms with Crippen LogP contribution in [-0.4, -0.2) is 30.7 Å². The summed E-state index contributed by atoms with van der Waals surface area (Å²) >= 11 is 0. The number of aliphatic carboxylic acids is 1. The molecule has 0 aliphatic carbocycles. The Labute approximate surface area is 152 Å². The van der Waals surface area contributed by atoms with Crippen molar-refractivity contribution in [1.82, 2.24) is 5.32 Å². The molecule has 6 heteroatoms. The molecule has 0 radical (unpaired) electrons. The first-order valence-corrected chi connectivity index (χ1v) is 8.30. The van der Waals surface area contributed by atoms with E-state index < -0.39 is 12.6 Å². The van der Waals surface area contributed by atoms with Crippen molar-refractivity contribution >= 4 is 11.9 Å². The van der Waals surface area contributed by atoms with Gasteiger partial charge < -0.3 is 19.9 Å². The van der Waals surface area contributed by atoms with Gasteiger partial charge in [-0.25, -0.2) is 4.79 Å². The van der Waals surface area contributed by atoms with Crippen molar-refractivity contribution in [2.75, 3.05) is 13.7 Å². The molecule has 0 heterocycles.